The summed E-state index contributed by atoms with van der Waals surface area (Å²) in [4.78, 5) is 33.6. The number of fused-ring (bicyclic) bond motifs is 2. The van der Waals surface area contributed by atoms with Crippen LogP contribution in [0.1, 0.15) is 31.7 Å². The van der Waals surface area contributed by atoms with Gasteiger partial charge in [0.25, 0.3) is 0 Å². The number of amides is 1. The molecule has 5 heterocycles. The van der Waals surface area contributed by atoms with Gasteiger partial charge in [-0.15, -0.1) is 0 Å². The van der Waals surface area contributed by atoms with Crippen molar-refractivity contribution < 1.29 is 17.6 Å². The fourth-order valence-electron chi connectivity index (χ4n) is 4.83. The molecule has 1 amide bonds. The van der Waals surface area contributed by atoms with Crippen LogP contribution in [0.25, 0.3) is 56.0 Å². The second-order valence-electron chi connectivity index (χ2n) is 10.4. The minimum Gasteiger partial charge on any atom is -0.337 e. The second kappa shape index (κ2) is 11.9. The predicted molar refractivity (Wildman–Crippen MR) is 165 cm³/mol. The van der Waals surface area contributed by atoms with Crippen molar-refractivity contribution in [2.45, 2.75) is 32.7 Å². The Morgan fingerprint density at radius 2 is 1.86 bits per heavy atom. The number of imidazole rings is 1. The maximum Gasteiger partial charge on any atom is 0.224 e. The number of benzene rings is 1. The van der Waals surface area contributed by atoms with E-state index in [0.717, 1.165) is 30.2 Å². The number of unbranched alkanes of at least 4 members (excludes halogenated alkanes) is 1. The molecule has 1 aromatic carbocycles. The Balaban J connectivity index is 1.35. The number of halogens is 1. The van der Waals surface area contributed by atoms with Crippen molar-refractivity contribution in [1.29, 1.82) is 0 Å². The molecule has 0 fully saturated rings. The number of nitrogens with one attached hydrogen (secondary N) is 4. The predicted octanol–water partition coefficient (Wildman–Crippen LogP) is 4.94. The quantitative estimate of drug-likeness (QED) is 0.168. The van der Waals surface area contributed by atoms with Gasteiger partial charge in [0.15, 0.2) is 11.5 Å². The van der Waals surface area contributed by atoms with Gasteiger partial charge >= 0.3 is 0 Å². The van der Waals surface area contributed by atoms with Crippen molar-refractivity contribution in [3.8, 4) is 33.9 Å². The van der Waals surface area contributed by atoms with Crippen LogP contribution in [0, 0.1) is 5.82 Å². The largest absolute Gasteiger partial charge is 0.337 e. The summed E-state index contributed by atoms with van der Waals surface area (Å²) in [6.45, 7) is 1.97. The number of sulfonamides is 1. The van der Waals surface area contributed by atoms with Crippen LogP contribution >= 0.6 is 0 Å². The first-order valence-corrected chi connectivity index (χ1v) is 15.7. The number of hydrogen-bond acceptors (Lipinski definition) is 8. The van der Waals surface area contributed by atoms with Gasteiger partial charge in [0, 0.05) is 48.2 Å². The summed E-state index contributed by atoms with van der Waals surface area (Å²) in [5, 5.41) is 10.9. The third kappa shape index (κ3) is 6.31. The Morgan fingerprint density at radius 1 is 1.02 bits per heavy atom. The van der Waals surface area contributed by atoms with Gasteiger partial charge in [-0.05, 0) is 48.4 Å². The number of carbonyl (C=O) groups is 1. The summed E-state index contributed by atoms with van der Waals surface area (Å²) in [6, 6.07) is 9.79. The Bertz CT molecular complexity index is 2130. The van der Waals surface area contributed by atoms with Gasteiger partial charge in [0.2, 0.25) is 15.9 Å². The lowest BCUT2D eigenvalue weighted by atomic mass is 10.1. The molecule has 6 rings (SSSR count). The number of pyridine rings is 3. The first-order chi connectivity index (χ1) is 21.2. The summed E-state index contributed by atoms with van der Waals surface area (Å²) in [5.41, 5.74) is 5.68. The van der Waals surface area contributed by atoms with Crippen LogP contribution in [0.5, 0.6) is 0 Å². The van der Waals surface area contributed by atoms with Crippen molar-refractivity contribution in [1.82, 2.24) is 39.8 Å². The van der Waals surface area contributed by atoms with Gasteiger partial charge in [-0.3, -0.25) is 19.9 Å². The van der Waals surface area contributed by atoms with Crippen LogP contribution in [0.15, 0.2) is 61.2 Å². The lowest BCUT2D eigenvalue weighted by Crippen LogP contribution is -2.21. The van der Waals surface area contributed by atoms with Crippen molar-refractivity contribution in [3.05, 3.63) is 72.6 Å². The molecule has 0 aliphatic carbocycles. The molecule has 0 radical (unpaired) electrons. The normalized spacial score (nSPS) is 11.8. The summed E-state index contributed by atoms with van der Waals surface area (Å²) < 4.78 is 40.1. The molecule has 0 unspecified atom stereocenters. The molecule has 44 heavy (non-hydrogen) atoms. The van der Waals surface area contributed by atoms with Crippen LogP contribution in [-0.2, 0) is 21.4 Å². The minimum absolute atomic E-state index is 0.0599. The van der Waals surface area contributed by atoms with E-state index in [1.54, 1.807) is 36.9 Å². The van der Waals surface area contributed by atoms with Crippen molar-refractivity contribution >= 4 is 43.7 Å². The average molecular weight is 614 g/mol. The smallest absolute Gasteiger partial charge is 0.224 e. The standard InChI is InChI=1S/C30H28FN9O3S/c1-3-4-5-25(41)36-22-11-19(14-32-16-22)20-12-23-27(39-40-29(23)34-15-20)30-37-24-6-7-33-26(28(24)38-30)18-8-17(9-21(31)10-18)13-35-44(2,42)43/h6-12,14-16,35H,3-5,13H2,1-2H3,(H,36,41)(H,37,38)(H,34,39,40). The van der Waals surface area contributed by atoms with Gasteiger partial charge in [0.05, 0.1) is 34.7 Å². The van der Waals surface area contributed by atoms with E-state index in [1.807, 2.05) is 19.1 Å². The van der Waals surface area contributed by atoms with Crippen LogP contribution in [-0.4, -0.2) is 55.7 Å². The van der Waals surface area contributed by atoms with Gasteiger partial charge in [0.1, 0.15) is 17.0 Å². The SMILES string of the molecule is CCCCC(=O)Nc1cncc(-c2cnc3n[nH]c(-c4nc5c(-c6cc(F)cc(CNS(C)(=O)=O)c6)nccc5[nH]4)c3c2)c1. The molecule has 12 nitrogen and oxygen atoms in total. The lowest BCUT2D eigenvalue weighted by Gasteiger charge is -2.07. The number of aromatic nitrogens is 7. The number of anilines is 1. The molecule has 14 heteroatoms. The van der Waals surface area contributed by atoms with Crippen molar-refractivity contribution in [3.63, 3.8) is 0 Å². The number of hydrogen-bond donors (Lipinski definition) is 4. The van der Waals surface area contributed by atoms with E-state index in [-0.39, 0.29) is 12.5 Å². The molecule has 0 saturated carbocycles. The van der Waals surface area contributed by atoms with E-state index < -0.39 is 15.8 Å². The van der Waals surface area contributed by atoms with Crippen LogP contribution in [0.4, 0.5) is 10.1 Å². The van der Waals surface area contributed by atoms with Crippen molar-refractivity contribution in [2.75, 3.05) is 11.6 Å². The zero-order chi connectivity index (χ0) is 30.8. The molecule has 5 aromatic heterocycles. The number of rotatable bonds is 10. The summed E-state index contributed by atoms with van der Waals surface area (Å²) in [6.07, 6.45) is 9.81. The molecule has 4 N–H and O–H groups in total. The zero-order valence-corrected chi connectivity index (χ0v) is 24.7. The second-order valence-corrected chi connectivity index (χ2v) is 12.2. The molecule has 0 aliphatic rings. The molecule has 0 aliphatic heterocycles. The van der Waals surface area contributed by atoms with E-state index in [9.17, 15) is 17.6 Å². The highest BCUT2D eigenvalue weighted by atomic mass is 32.2. The first-order valence-electron chi connectivity index (χ1n) is 13.9. The van der Waals surface area contributed by atoms with Gasteiger partial charge in [-0.25, -0.2) is 27.5 Å². The highest BCUT2D eigenvalue weighted by Crippen LogP contribution is 2.32. The van der Waals surface area contributed by atoms with E-state index in [1.165, 1.54) is 12.1 Å². The number of aromatic amines is 2. The molecule has 224 valence electrons. The third-order valence-electron chi connectivity index (χ3n) is 6.93. The Kier molecular flexibility index (Phi) is 7.84. The van der Waals surface area contributed by atoms with E-state index >= 15 is 0 Å². The lowest BCUT2D eigenvalue weighted by molar-refractivity contribution is -0.116. The molecular weight excluding hydrogens is 585 g/mol. The van der Waals surface area contributed by atoms with E-state index in [4.69, 9.17) is 4.98 Å². The van der Waals surface area contributed by atoms with Crippen molar-refractivity contribution in [2.24, 2.45) is 0 Å². The minimum atomic E-state index is -3.46. The number of nitrogens with zero attached hydrogens (tertiary/aromatic N) is 5. The maximum atomic E-state index is 14.6. The Labute approximate surface area is 251 Å². The van der Waals surface area contributed by atoms with Gasteiger partial charge in [-0.2, -0.15) is 5.10 Å². The highest BCUT2D eigenvalue weighted by Gasteiger charge is 2.18. The van der Waals surface area contributed by atoms with Crippen LogP contribution in [0.2, 0.25) is 0 Å². The highest BCUT2D eigenvalue weighted by molar-refractivity contribution is 7.88. The topological polar surface area (TPSA) is 171 Å². The molecule has 6 aromatic rings. The maximum absolute atomic E-state index is 14.6. The summed E-state index contributed by atoms with van der Waals surface area (Å²) in [5.74, 6) is -0.115. The average Bonchev–Trinajstić information content (AvgIpc) is 3.62. The Morgan fingerprint density at radius 3 is 2.68 bits per heavy atom. The van der Waals surface area contributed by atoms with E-state index in [0.29, 0.717) is 62.5 Å². The molecular formula is C30H28FN9O3S. The van der Waals surface area contributed by atoms with E-state index in [2.05, 4.69) is 40.2 Å². The molecule has 0 bridgehead atoms. The number of carbonyl (C=O) groups excluding carboxylic acids is 1. The Hall–Kier alpha value is -5.08. The fraction of sp³-hybridized carbons (Fsp3) is 0.200. The fourth-order valence-corrected chi connectivity index (χ4v) is 5.26. The summed E-state index contributed by atoms with van der Waals surface area (Å²) >= 11 is 0. The summed E-state index contributed by atoms with van der Waals surface area (Å²) in [7, 11) is -3.46. The van der Waals surface area contributed by atoms with Gasteiger partial charge < -0.3 is 10.3 Å². The first kappa shape index (κ1) is 29.0. The van der Waals surface area contributed by atoms with Crippen LogP contribution < -0.4 is 10.0 Å². The van der Waals surface area contributed by atoms with Gasteiger partial charge in [-0.1, -0.05) is 13.3 Å². The van der Waals surface area contributed by atoms with Crippen LogP contribution in [0.3, 0.4) is 0 Å². The monoisotopic (exact) mass is 613 g/mol. The number of H-pyrrole nitrogens is 2. The molecule has 0 atom stereocenters. The molecule has 0 saturated heterocycles. The zero-order valence-electron chi connectivity index (χ0n) is 23.8. The third-order valence-corrected chi connectivity index (χ3v) is 7.60. The molecule has 0 spiro atoms.